The number of benzene rings is 2. The van der Waals surface area contributed by atoms with E-state index >= 15 is 0 Å². The fraction of sp³-hybridized carbons (Fsp3) is 0.250. The minimum absolute atomic E-state index is 0.0382. The van der Waals surface area contributed by atoms with Crippen LogP contribution in [0.5, 0.6) is 5.75 Å². The zero-order chi connectivity index (χ0) is 25.0. The third-order valence-electron chi connectivity index (χ3n) is 5.47. The van der Waals surface area contributed by atoms with Crippen LogP contribution in [0, 0.1) is 0 Å². The highest BCUT2D eigenvalue weighted by Crippen LogP contribution is 2.26. The highest BCUT2D eigenvalue weighted by Gasteiger charge is 2.20. The van der Waals surface area contributed by atoms with E-state index in [0.29, 0.717) is 22.9 Å². The first kappa shape index (κ1) is 24.0. The van der Waals surface area contributed by atoms with E-state index in [-0.39, 0.29) is 35.7 Å². The molecule has 0 saturated heterocycles. The SMILES string of the molecule is COc1cccc(-c2ccc(C(=O)Nc3ccc(CC(=O)Cc4cc(C(C)(C)C)on4)cc3)o2)c1. The zero-order valence-electron chi connectivity index (χ0n) is 20.3. The van der Waals surface area contributed by atoms with Crippen molar-refractivity contribution in [3.05, 3.63) is 89.5 Å². The van der Waals surface area contributed by atoms with Gasteiger partial charge in [-0.05, 0) is 42.0 Å². The minimum Gasteiger partial charge on any atom is -0.497 e. The van der Waals surface area contributed by atoms with Crippen molar-refractivity contribution < 1.29 is 23.3 Å². The number of methoxy groups -OCH3 is 1. The summed E-state index contributed by atoms with van der Waals surface area (Å²) >= 11 is 0. The van der Waals surface area contributed by atoms with Crippen molar-refractivity contribution in [2.24, 2.45) is 0 Å². The number of aromatic nitrogens is 1. The third kappa shape index (κ3) is 6.06. The van der Waals surface area contributed by atoms with Crippen molar-refractivity contribution in [2.75, 3.05) is 12.4 Å². The van der Waals surface area contributed by atoms with Crippen LogP contribution in [0.1, 0.15) is 48.3 Å². The Kier molecular flexibility index (Phi) is 6.87. The van der Waals surface area contributed by atoms with Gasteiger partial charge < -0.3 is 19.0 Å². The van der Waals surface area contributed by atoms with Crippen molar-refractivity contribution in [1.82, 2.24) is 5.16 Å². The molecule has 0 aliphatic rings. The van der Waals surface area contributed by atoms with Gasteiger partial charge in [0.1, 0.15) is 23.1 Å². The molecule has 1 amide bonds. The number of nitrogens with one attached hydrogen (secondary N) is 1. The number of Topliss-reactive ketones (excluding diaryl/α,β-unsaturated/α-hetero) is 1. The summed E-state index contributed by atoms with van der Waals surface area (Å²) in [6.45, 7) is 6.10. The summed E-state index contributed by atoms with van der Waals surface area (Å²) in [5, 5.41) is 6.83. The lowest BCUT2D eigenvalue weighted by molar-refractivity contribution is -0.117. The van der Waals surface area contributed by atoms with Gasteiger partial charge in [0.15, 0.2) is 5.76 Å². The van der Waals surface area contributed by atoms with Crippen LogP contribution in [0.15, 0.2) is 75.7 Å². The molecule has 0 fully saturated rings. The predicted octanol–water partition coefficient (Wildman–Crippen LogP) is 5.85. The van der Waals surface area contributed by atoms with Gasteiger partial charge in [0.2, 0.25) is 0 Å². The van der Waals surface area contributed by atoms with Crippen LogP contribution in [0.3, 0.4) is 0 Å². The van der Waals surface area contributed by atoms with E-state index in [1.807, 2.05) is 63.2 Å². The molecule has 180 valence electrons. The predicted molar refractivity (Wildman–Crippen MR) is 133 cm³/mol. The van der Waals surface area contributed by atoms with Crippen LogP contribution in [0.4, 0.5) is 5.69 Å². The maximum atomic E-state index is 12.6. The van der Waals surface area contributed by atoms with Gasteiger partial charge in [-0.1, -0.05) is 50.2 Å². The maximum absolute atomic E-state index is 12.6. The van der Waals surface area contributed by atoms with Crippen LogP contribution in [0.25, 0.3) is 11.3 Å². The number of hydrogen-bond donors (Lipinski definition) is 1. The monoisotopic (exact) mass is 472 g/mol. The molecule has 35 heavy (non-hydrogen) atoms. The minimum atomic E-state index is -0.358. The highest BCUT2D eigenvalue weighted by atomic mass is 16.5. The number of anilines is 1. The average Bonchev–Trinajstić information content (AvgIpc) is 3.50. The molecular weight excluding hydrogens is 444 g/mol. The van der Waals surface area contributed by atoms with E-state index < -0.39 is 0 Å². The Morgan fingerprint density at radius 2 is 1.74 bits per heavy atom. The Balaban J connectivity index is 1.33. The van der Waals surface area contributed by atoms with E-state index in [9.17, 15) is 9.59 Å². The smallest absolute Gasteiger partial charge is 0.291 e. The van der Waals surface area contributed by atoms with Crippen molar-refractivity contribution in [1.29, 1.82) is 0 Å². The van der Waals surface area contributed by atoms with E-state index in [2.05, 4.69) is 10.5 Å². The second-order valence-electron chi connectivity index (χ2n) is 9.37. The van der Waals surface area contributed by atoms with Crippen LogP contribution in [0.2, 0.25) is 0 Å². The molecule has 4 rings (SSSR count). The summed E-state index contributed by atoms with van der Waals surface area (Å²) in [5.74, 6) is 1.92. The summed E-state index contributed by atoms with van der Waals surface area (Å²) in [7, 11) is 1.60. The van der Waals surface area contributed by atoms with Gasteiger partial charge in [0.25, 0.3) is 5.91 Å². The number of ketones is 1. The quantitative estimate of drug-likeness (QED) is 0.346. The molecule has 4 aromatic rings. The molecule has 7 heteroatoms. The lowest BCUT2D eigenvalue weighted by Gasteiger charge is -2.12. The second kappa shape index (κ2) is 10.0. The highest BCUT2D eigenvalue weighted by molar-refractivity contribution is 6.02. The topological polar surface area (TPSA) is 94.6 Å². The number of rotatable bonds is 8. The Bertz CT molecular complexity index is 1330. The molecule has 0 aliphatic carbocycles. The molecule has 1 N–H and O–H groups in total. The van der Waals surface area contributed by atoms with Crippen LogP contribution in [-0.4, -0.2) is 24.0 Å². The van der Waals surface area contributed by atoms with Crippen LogP contribution >= 0.6 is 0 Å². The molecule has 0 saturated carbocycles. The molecule has 0 unspecified atom stereocenters. The number of amides is 1. The Hall–Kier alpha value is -4.13. The van der Waals surface area contributed by atoms with Crippen molar-refractivity contribution >= 4 is 17.4 Å². The van der Waals surface area contributed by atoms with Crippen molar-refractivity contribution in [3.8, 4) is 17.1 Å². The van der Waals surface area contributed by atoms with Crippen molar-refractivity contribution in [2.45, 2.75) is 39.0 Å². The van der Waals surface area contributed by atoms with Gasteiger partial charge in [-0.2, -0.15) is 0 Å². The summed E-state index contributed by atoms with van der Waals surface area (Å²) in [6, 6.07) is 19.8. The van der Waals surface area contributed by atoms with Gasteiger partial charge in [-0.15, -0.1) is 0 Å². The van der Waals surface area contributed by atoms with Gasteiger partial charge >= 0.3 is 0 Å². The molecule has 0 radical (unpaired) electrons. The number of nitrogens with zero attached hydrogens (tertiary/aromatic N) is 1. The molecule has 0 atom stereocenters. The van der Waals surface area contributed by atoms with Crippen molar-refractivity contribution in [3.63, 3.8) is 0 Å². The number of ether oxygens (including phenoxy) is 1. The zero-order valence-corrected chi connectivity index (χ0v) is 20.3. The van der Waals surface area contributed by atoms with Crippen LogP contribution < -0.4 is 10.1 Å². The molecule has 2 aromatic carbocycles. The maximum Gasteiger partial charge on any atom is 0.291 e. The lowest BCUT2D eigenvalue weighted by Crippen LogP contribution is -2.11. The lowest BCUT2D eigenvalue weighted by atomic mass is 9.93. The molecule has 2 aromatic heterocycles. The molecular formula is C28H28N2O5. The number of carbonyl (C=O) groups excluding carboxylic acids is 2. The summed E-state index contributed by atoms with van der Waals surface area (Å²) in [6.07, 6.45) is 0.486. The molecule has 0 bridgehead atoms. The summed E-state index contributed by atoms with van der Waals surface area (Å²) < 4.78 is 16.3. The molecule has 0 aliphatic heterocycles. The number of hydrogen-bond acceptors (Lipinski definition) is 6. The fourth-order valence-electron chi connectivity index (χ4n) is 3.53. The van der Waals surface area contributed by atoms with Gasteiger partial charge in [-0.3, -0.25) is 9.59 Å². The first-order valence-electron chi connectivity index (χ1n) is 11.3. The number of carbonyl (C=O) groups is 2. The Morgan fingerprint density at radius 3 is 2.43 bits per heavy atom. The summed E-state index contributed by atoms with van der Waals surface area (Å²) in [4.78, 5) is 25.1. The average molecular weight is 473 g/mol. The molecule has 7 nitrogen and oxygen atoms in total. The van der Waals surface area contributed by atoms with E-state index in [0.717, 1.165) is 16.9 Å². The fourth-order valence-corrected chi connectivity index (χ4v) is 3.53. The first-order valence-corrected chi connectivity index (χ1v) is 11.3. The van der Waals surface area contributed by atoms with Gasteiger partial charge in [-0.25, -0.2) is 0 Å². The third-order valence-corrected chi connectivity index (χ3v) is 5.47. The van der Waals surface area contributed by atoms with E-state index in [1.165, 1.54) is 0 Å². The second-order valence-corrected chi connectivity index (χ2v) is 9.37. The van der Waals surface area contributed by atoms with E-state index in [4.69, 9.17) is 13.7 Å². The van der Waals surface area contributed by atoms with Gasteiger partial charge in [0.05, 0.1) is 19.2 Å². The molecule has 2 heterocycles. The van der Waals surface area contributed by atoms with Gasteiger partial charge in [0, 0.05) is 29.2 Å². The normalized spacial score (nSPS) is 11.3. The van der Waals surface area contributed by atoms with E-state index in [1.54, 1.807) is 31.4 Å². The van der Waals surface area contributed by atoms with Crippen LogP contribution in [-0.2, 0) is 23.1 Å². The summed E-state index contributed by atoms with van der Waals surface area (Å²) in [5.41, 5.74) is 2.76. The number of furan rings is 1. The largest absolute Gasteiger partial charge is 0.497 e. The first-order chi connectivity index (χ1) is 16.7. The Morgan fingerprint density at radius 1 is 0.971 bits per heavy atom. The Labute approximate surface area is 204 Å². The molecule has 0 spiro atoms. The standard InChI is InChI=1S/C28H28N2O5/c1-28(2,3)26-17-21(30-35-26)16-22(31)14-18-8-10-20(11-9-18)29-27(32)25-13-12-24(34-25)19-6-5-7-23(15-19)33-4/h5-13,15,17H,14,16H2,1-4H3,(H,29,32).